The van der Waals surface area contributed by atoms with Crippen LogP contribution in [0.25, 0.3) is 6.08 Å². The van der Waals surface area contributed by atoms with Gasteiger partial charge in [0, 0.05) is 5.57 Å². The summed E-state index contributed by atoms with van der Waals surface area (Å²) in [6.45, 7) is 9.15. The van der Waals surface area contributed by atoms with Gasteiger partial charge in [-0.15, -0.1) is 0 Å². The maximum atomic E-state index is 5.56. The van der Waals surface area contributed by atoms with Crippen LogP contribution in [0, 0.1) is 0 Å². The van der Waals surface area contributed by atoms with Crippen molar-refractivity contribution in [1.82, 2.24) is 9.97 Å². The van der Waals surface area contributed by atoms with Crippen molar-refractivity contribution in [3.05, 3.63) is 65.9 Å². The summed E-state index contributed by atoms with van der Waals surface area (Å²) < 4.78 is 5.56. The molecule has 0 N–H and O–H groups in total. The molecule has 1 aliphatic rings. The van der Waals surface area contributed by atoms with Crippen LogP contribution in [0.5, 0.6) is 0 Å². The Morgan fingerprint density at radius 1 is 1.50 bits per heavy atom. The van der Waals surface area contributed by atoms with Gasteiger partial charge in [-0.1, -0.05) is 18.2 Å². The second-order valence-corrected chi connectivity index (χ2v) is 3.91. The highest BCUT2D eigenvalue weighted by molar-refractivity contribution is 5.50. The van der Waals surface area contributed by atoms with Crippen molar-refractivity contribution in [2.75, 3.05) is 0 Å². The second-order valence-electron chi connectivity index (χ2n) is 3.91. The summed E-state index contributed by atoms with van der Waals surface area (Å²) in [7, 11) is 0. The largest absolute Gasteiger partial charge is 0.420 e. The van der Waals surface area contributed by atoms with Crippen molar-refractivity contribution >= 4 is 11.9 Å². The lowest BCUT2D eigenvalue weighted by Crippen LogP contribution is -2.28. The third kappa shape index (κ3) is 3.16. The topological polar surface area (TPSA) is 59.7 Å². The first-order valence-electron chi connectivity index (χ1n) is 6.05. The molecule has 1 aromatic rings. The minimum atomic E-state index is 0.215. The van der Waals surface area contributed by atoms with E-state index in [0.29, 0.717) is 17.7 Å². The van der Waals surface area contributed by atoms with Gasteiger partial charge in [0.05, 0.1) is 11.5 Å². The van der Waals surface area contributed by atoms with E-state index in [2.05, 4.69) is 39.0 Å². The van der Waals surface area contributed by atoms with Crippen molar-refractivity contribution in [3.63, 3.8) is 0 Å². The first kappa shape index (κ1) is 13.6. The molecule has 1 aliphatic heterocycles. The number of fused-ring (bicyclic) bond motifs is 1. The smallest absolute Gasteiger partial charge is 0.232 e. The summed E-state index contributed by atoms with van der Waals surface area (Å²) in [5.74, 6) is 3.06. The van der Waals surface area contributed by atoms with Crippen molar-refractivity contribution in [1.29, 1.82) is 0 Å². The molecule has 0 fully saturated rings. The standard InChI is InChI=1S/C15H14N4O/c1-4-6-12-7-8-13-14(9-16-10-18-13)19-11(3)20-15(12)17-5-2/h4,6,8-10H,2-3,7H2,1H3/b6-4-,13-8+,15-12-,19-14-. The molecule has 0 saturated heterocycles. The Morgan fingerprint density at radius 2 is 2.35 bits per heavy atom. The predicted molar refractivity (Wildman–Crippen MR) is 77.0 cm³/mol. The van der Waals surface area contributed by atoms with Gasteiger partial charge in [-0.3, -0.25) is 0 Å². The average Bonchev–Trinajstić information content (AvgIpc) is 2.49. The van der Waals surface area contributed by atoms with E-state index < -0.39 is 0 Å². The molecule has 5 heteroatoms. The Morgan fingerprint density at radius 3 is 3.10 bits per heavy atom. The minimum Gasteiger partial charge on any atom is -0.420 e. The van der Waals surface area contributed by atoms with Gasteiger partial charge in [0.1, 0.15) is 11.7 Å². The van der Waals surface area contributed by atoms with E-state index in [1.165, 1.54) is 6.33 Å². The number of aromatic nitrogens is 2. The molecule has 20 heavy (non-hydrogen) atoms. The molecule has 0 bridgehead atoms. The zero-order valence-electron chi connectivity index (χ0n) is 11.2. The van der Waals surface area contributed by atoms with Gasteiger partial charge in [-0.25, -0.2) is 15.0 Å². The number of ether oxygens (including phenoxy) is 1. The van der Waals surface area contributed by atoms with E-state index in [1.807, 2.05) is 25.2 Å². The quantitative estimate of drug-likeness (QED) is 0.760. The highest BCUT2D eigenvalue weighted by Crippen LogP contribution is 2.17. The maximum Gasteiger partial charge on any atom is 0.232 e. The molecule has 2 heterocycles. The lowest BCUT2D eigenvalue weighted by molar-refractivity contribution is 0.295. The Hall–Kier alpha value is -2.78. The van der Waals surface area contributed by atoms with E-state index in [4.69, 9.17) is 4.74 Å². The van der Waals surface area contributed by atoms with E-state index in [-0.39, 0.29) is 5.88 Å². The number of nitrogens with zero attached hydrogens (tertiary/aromatic N) is 4. The fourth-order valence-corrected chi connectivity index (χ4v) is 1.71. The predicted octanol–water partition coefficient (Wildman–Crippen LogP) is 1.41. The molecule has 0 unspecified atom stereocenters. The molecule has 100 valence electrons. The molecule has 1 aromatic heterocycles. The molecule has 0 saturated carbocycles. The number of hydrogen-bond donors (Lipinski definition) is 0. The monoisotopic (exact) mass is 266 g/mol. The average molecular weight is 266 g/mol. The van der Waals surface area contributed by atoms with Crippen LogP contribution in [0.2, 0.25) is 0 Å². The zero-order chi connectivity index (χ0) is 14.4. The maximum absolute atomic E-state index is 5.56. The molecule has 0 aromatic carbocycles. The summed E-state index contributed by atoms with van der Waals surface area (Å²) >= 11 is 0. The number of allylic oxidation sites excluding steroid dienone is 3. The van der Waals surface area contributed by atoms with E-state index in [0.717, 1.165) is 10.9 Å². The molecule has 2 rings (SSSR count). The van der Waals surface area contributed by atoms with Crippen molar-refractivity contribution in [3.8, 4) is 0 Å². The molecule has 0 atom stereocenters. The summed E-state index contributed by atoms with van der Waals surface area (Å²) in [4.78, 5) is 16.4. The van der Waals surface area contributed by atoms with Crippen LogP contribution >= 0.6 is 0 Å². The molecule has 0 amide bonds. The van der Waals surface area contributed by atoms with Gasteiger partial charge in [0.15, 0.2) is 0 Å². The first-order chi connectivity index (χ1) is 9.74. The Labute approximate surface area is 116 Å². The summed E-state index contributed by atoms with van der Waals surface area (Å²) in [5, 5.41) is 1.34. The SMILES string of the molecule is C=C=N/C1=C(\C=C/C)C/C=c2/ncnc/c2=N/C(=C)O1. The molecular formula is C15H14N4O. The number of hydrogen-bond acceptors (Lipinski definition) is 5. The van der Waals surface area contributed by atoms with Crippen LogP contribution in [-0.2, 0) is 4.74 Å². The molecule has 0 radical (unpaired) electrons. The van der Waals surface area contributed by atoms with Crippen molar-refractivity contribution in [2.45, 2.75) is 13.3 Å². The van der Waals surface area contributed by atoms with Crippen LogP contribution in [0.1, 0.15) is 13.3 Å². The molecular weight excluding hydrogens is 252 g/mol. The van der Waals surface area contributed by atoms with Crippen LogP contribution in [0.4, 0.5) is 0 Å². The van der Waals surface area contributed by atoms with Gasteiger partial charge in [-0.05, 0) is 32.4 Å². The number of aliphatic imine (C=N–C) groups is 1. The van der Waals surface area contributed by atoms with Gasteiger partial charge >= 0.3 is 0 Å². The van der Waals surface area contributed by atoms with E-state index in [9.17, 15) is 0 Å². The van der Waals surface area contributed by atoms with Crippen LogP contribution in [-0.4, -0.2) is 15.8 Å². The van der Waals surface area contributed by atoms with Gasteiger partial charge < -0.3 is 4.74 Å². The Balaban J connectivity index is 2.64. The van der Waals surface area contributed by atoms with Gasteiger partial charge in [0.2, 0.25) is 11.8 Å². The fourth-order valence-electron chi connectivity index (χ4n) is 1.71. The minimum absolute atomic E-state index is 0.215. The lowest BCUT2D eigenvalue weighted by Gasteiger charge is -2.06. The third-order valence-electron chi connectivity index (χ3n) is 2.52. The lowest BCUT2D eigenvalue weighted by atomic mass is 10.1. The Kier molecular flexibility index (Phi) is 4.37. The molecule has 0 aliphatic carbocycles. The molecule has 0 spiro atoms. The van der Waals surface area contributed by atoms with Gasteiger partial charge in [0.25, 0.3) is 0 Å². The van der Waals surface area contributed by atoms with Crippen LogP contribution in [0.15, 0.2) is 65.2 Å². The zero-order valence-corrected chi connectivity index (χ0v) is 11.2. The second kappa shape index (κ2) is 6.41. The van der Waals surface area contributed by atoms with E-state index in [1.54, 1.807) is 6.20 Å². The normalized spacial score (nSPS) is 21.9. The first-order valence-corrected chi connectivity index (χ1v) is 6.05. The fraction of sp³-hybridized carbons (Fsp3) is 0.133. The summed E-state index contributed by atoms with van der Waals surface area (Å²) in [6.07, 6.45) is 9.45. The molecule has 5 nitrogen and oxygen atoms in total. The third-order valence-corrected chi connectivity index (χ3v) is 2.52. The Bertz CT molecular complexity index is 752. The van der Waals surface area contributed by atoms with Crippen molar-refractivity contribution < 1.29 is 4.74 Å². The van der Waals surface area contributed by atoms with E-state index >= 15 is 0 Å². The number of rotatable bonds is 2. The van der Waals surface area contributed by atoms with Gasteiger partial charge in [-0.2, -0.15) is 4.99 Å². The van der Waals surface area contributed by atoms with Crippen LogP contribution in [0.3, 0.4) is 0 Å². The highest BCUT2D eigenvalue weighted by Gasteiger charge is 2.08. The highest BCUT2D eigenvalue weighted by atomic mass is 16.5. The summed E-state index contributed by atoms with van der Waals surface area (Å²) in [5.41, 5.74) is 0.867. The summed E-state index contributed by atoms with van der Waals surface area (Å²) in [6, 6.07) is 0. The van der Waals surface area contributed by atoms with Crippen molar-refractivity contribution in [2.24, 2.45) is 9.98 Å². The van der Waals surface area contributed by atoms with Crippen LogP contribution < -0.4 is 10.7 Å².